The molecule has 0 aliphatic heterocycles. The van der Waals surface area contributed by atoms with E-state index < -0.39 is 11.2 Å². The molecule has 0 unspecified atom stereocenters. The SMILES string of the molecule is Cn1c(=O)c2cc(C(=O)NCCOc3ccccc3)ccc2n(C)c1=O. The molecule has 0 atom stereocenters. The number of para-hydroxylation sites is 1. The summed E-state index contributed by atoms with van der Waals surface area (Å²) < 4.78 is 7.93. The number of aromatic nitrogens is 2. The second-order valence-corrected chi connectivity index (χ2v) is 5.86. The molecule has 0 bridgehead atoms. The molecule has 1 heterocycles. The highest BCUT2D eigenvalue weighted by atomic mass is 16.5. The van der Waals surface area contributed by atoms with Gasteiger partial charge in [0.1, 0.15) is 12.4 Å². The Morgan fingerprint density at radius 3 is 2.50 bits per heavy atom. The van der Waals surface area contributed by atoms with Crippen LogP contribution in [0.4, 0.5) is 0 Å². The van der Waals surface area contributed by atoms with E-state index in [0.717, 1.165) is 10.3 Å². The van der Waals surface area contributed by atoms with Crippen LogP contribution in [-0.2, 0) is 14.1 Å². The molecule has 0 saturated heterocycles. The molecule has 0 spiro atoms. The van der Waals surface area contributed by atoms with Crippen LogP contribution in [0.25, 0.3) is 10.9 Å². The van der Waals surface area contributed by atoms with Crippen molar-refractivity contribution in [3.63, 3.8) is 0 Å². The number of amides is 1. The molecule has 1 aromatic heterocycles. The minimum absolute atomic E-state index is 0.306. The molecule has 0 aliphatic carbocycles. The van der Waals surface area contributed by atoms with Gasteiger partial charge in [-0.05, 0) is 30.3 Å². The van der Waals surface area contributed by atoms with E-state index in [1.165, 1.54) is 17.7 Å². The van der Waals surface area contributed by atoms with Gasteiger partial charge in [-0.15, -0.1) is 0 Å². The molecule has 3 rings (SSSR count). The highest BCUT2D eigenvalue weighted by Crippen LogP contribution is 2.11. The fourth-order valence-corrected chi connectivity index (χ4v) is 2.69. The van der Waals surface area contributed by atoms with E-state index in [4.69, 9.17) is 4.74 Å². The Bertz CT molecular complexity index is 1070. The molecule has 1 amide bonds. The van der Waals surface area contributed by atoms with E-state index in [1.807, 2.05) is 30.3 Å². The molecule has 7 nitrogen and oxygen atoms in total. The van der Waals surface area contributed by atoms with Gasteiger partial charge in [0.2, 0.25) is 0 Å². The van der Waals surface area contributed by atoms with Crippen molar-refractivity contribution in [2.45, 2.75) is 0 Å². The van der Waals surface area contributed by atoms with Gasteiger partial charge in [0.05, 0.1) is 17.4 Å². The maximum atomic E-state index is 12.3. The third kappa shape index (κ3) is 3.37. The van der Waals surface area contributed by atoms with Gasteiger partial charge in [0.15, 0.2) is 0 Å². The Kier molecular flexibility index (Phi) is 4.88. The number of benzene rings is 2. The van der Waals surface area contributed by atoms with Crippen molar-refractivity contribution < 1.29 is 9.53 Å². The van der Waals surface area contributed by atoms with E-state index in [9.17, 15) is 14.4 Å². The lowest BCUT2D eigenvalue weighted by atomic mass is 10.1. The standard InChI is InChI=1S/C19H19N3O4/c1-21-16-9-8-13(12-15(16)18(24)22(2)19(21)25)17(23)20-10-11-26-14-6-4-3-5-7-14/h3-9,12H,10-11H2,1-2H3,(H,20,23). The fourth-order valence-electron chi connectivity index (χ4n) is 2.69. The van der Waals surface area contributed by atoms with Gasteiger partial charge in [-0.3, -0.25) is 18.7 Å². The highest BCUT2D eigenvalue weighted by Gasteiger charge is 2.12. The van der Waals surface area contributed by atoms with Crippen LogP contribution in [0.1, 0.15) is 10.4 Å². The van der Waals surface area contributed by atoms with Crippen LogP contribution in [0.15, 0.2) is 58.1 Å². The van der Waals surface area contributed by atoms with Crippen molar-refractivity contribution in [3.05, 3.63) is 74.9 Å². The Morgan fingerprint density at radius 1 is 1.04 bits per heavy atom. The van der Waals surface area contributed by atoms with Crippen LogP contribution in [0.3, 0.4) is 0 Å². The fraction of sp³-hybridized carbons (Fsp3) is 0.211. The van der Waals surface area contributed by atoms with Crippen LogP contribution in [0.2, 0.25) is 0 Å². The summed E-state index contributed by atoms with van der Waals surface area (Å²) in [6, 6.07) is 14.0. The maximum Gasteiger partial charge on any atom is 0.330 e. The number of rotatable bonds is 5. The number of ether oxygens (including phenoxy) is 1. The molecule has 0 saturated carbocycles. The topological polar surface area (TPSA) is 82.3 Å². The van der Waals surface area contributed by atoms with E-state index in [-0.39, 0.29) is 5.91 Å². The minimum atomic E-state index is -0.426. The largest absolute Gasteiger partial charge is 0.492 e. The number of aryl methyl sites for hydroxylation is 1. The van der Waals surface area contributed by atoms with Gasteiger partial charge in [0.25, 0.3) is 11.5 Å². The van der Waals surface area contributed by atoms with Crippen molar-refractivity contribution in [2.24, 2.45) is 14.1 Å². The summed E-state index contributed by atoms with van der Waals surface area (Å²) >= 11 is 0. The quantitative estimate of drug-likeness (QED) is 0.695. The number of carbonyl (C=O) groups is 1. The molecular formula is C19H19N3O4. The molecule has 0 fully saturated rings. The Hall–Kier alpha value is -3.35. The van der Waals surface area contributed by atoms with Crippen LogP contribution in [-0.4, -0.2) is 28.2 Å². The number of nitrogens with zero attached hydrogens (tertiary/aromatic N) is 2. The zero-order chi connectivity index (χ0) is 18.7. The van der Waals surface area contributed by atoms with Gasteiger partial charge >= 0.3 is 5.69 Å². The van der Waals surface area contributed by atoms with Gasteiger partial charge in [0, 0.05) is 19.7 Å². The van der Waals surface area contributed by atoms with Crippen molar-refractivity contribution in [1.29, 1.82) is 0 Å². The summed E-state index contributed by atoms with van der Waals surface area (Å²) in [6.07, 6.45) is 0. The first-order chi connectivity index (χ1) is 12.5. The molecule has 3 aromatic rings. The third-order valence-electron chi connectivity index (χ3n) is 4.13. The predicted octanol–water partition coefficient (Wildman–Crippen LogP) is 1.05. The average Bonchev–Trinajstić information content (AvgIpc) is 2.68. The first-order valence-corrected chi connectivity index (χ1v) is 8.15. The number of carbonyl (C=O) groups excluding carboxylic acids is 1. The van der Waals surface area contributed by atoms with E-state index in [2.05, 4.69) is 5.32 Å². The van der Waals surface area contributed by atoms with Crippen LogP contribution < -0.4 is 21.3 Å². The number of hydrogen-bond acceptors (Lipinski definition) is 4. The third-order valence-corrected chi connectivity index (χ3v) is 4.13. The molecule has 134 valence electrons. The normalized spacial score (nSPS) is 10.7. The smallest absolute Gasteiger partial charge is 0.330 e. The van der Waals surface area contributed by atoms with Crippen molar-refractivity contribution in [1.82, 2.24) is 14.5 Å². The number of fused-ring (bicyclic) bond motifs is 1. The summed E-state index contributed by atoms with van der Waals surface area (Å²) in [5, 5.41) is 3.07. The number of hydrogen-bond donors (Lipinski definition) is 1. The van der Waals surface area contributed by atoms with Crippen LogP contribution in [0, 0.1) is 0 Å². The minimum Gasteiger partial charge on any atom is -0.492 e. The predicted molar refractivity (Wildman–Crippen MR) is 98.7 cm³/mol. The van der Waals surface area contributed by atoms with Gasteiger partial charge in [-0.25, -0.2) is 4.79 Å². The zero-order valence-corrected chi connectivity index (χ0v) is 14.6. The summed E-state index contributed by atoms with van der Waals surface area (Å²) in [7, 11) is 3.00. The van der Waals surface area contributed by atoms with Gasteiger partial charge in [-0.1, -0.05) is 18.2 Å². The lowest BCUT2D eigenvalue weighted by Crippen LogP contribution is -2.37. The second kappa shape index (κ2) is 7.26. The highest BCUT2D eigenvalue weighted by molar-refractivity contribution is 5.97. The van der Waals surface area contributed by atoms with Crippen LogP contribution >= 0.6 is 0 Å². The summed E-state index contributed by atoms with van der Waals surface area (Å²) in [4.78, 5) is 36.5. The van der Waals surface area contributed by atoms with Gasteiger partial charge < -0.3 is 10.1 Å². The Labute approximate surface area is 149 Å². The summed E-state index contributed by atoms with van der Waals surface area (Å²) in [6.45, 7) is 0.663. The van der Waals surface area contributed by atoms with E-state index in [0.29, 0.717) is 29.6 Å². The average molecular weight is 353 g/mol. The van der Waals surface area contributed by atoms with Crippen molar-refractivity contribution >= 4 is 16.8 Å². The lowest BCUT2D eigenvalue weighted by Gasteiger charge is -2.10. The molecule has 0 aliphatic rings. The molecule has 1 N–H and O–H groups in total. The maximum absolute atomic E-state index is 12.3. The summed E-state index contributed by atoms with van der Waals surface area (Å²) in [5.41, 5.74) is 0.0120. The Balaban J connectivity index is 1.73. The molecular weight excluding hydrogens is 334 g/mol. The Morgan fingerprint density at radius 2 is 1.77 bits per heavy atom. The van der Waals surface area contributed by atoms with Crippen molar-refractivity contribution in [2.75, 3.05) is 13.2 Å². The molecule has 7 heteroatoms. The monoisotopic (exact) mass is 353 g/mol. The van der Waals surface area contributed by atoms with E-state index >= 15 is 0 Å². The molecule has 26 heavy (non-hydrogen) atoms. The number of nitrogens with one attached hydrogen (secondary N) is 1. The van der Waals surface area contributed by atoms with Crippen molar-refractivity contribution in [3.8, 4) is 5.75 Å². The van der Waals surface area contributed by atoms with Crippen LogP contribution in [0.5, 0.6) is 5.75 Å². The van der Waals surface area contributed by atoms with Gasteiger partial charge in [-0.2, -0.15) is 0 Å². The zero-order valence-electron chi connectivity index (χ0n) is 14.6. The molecule has 0 radical (unpaired) electrons. The first kappa shape index (κ1) is 17.5. The lowest BCUT2D eigenvalue weighted by molar-refractivity contribution is 0.0947. The first-order valence-electron chi connectivity index (χ1n) is 8.15. The molecule has 2 aromatic carbocycles. The van der Waals surface area contributed by atoms with E-state index in [1.54, 1.807) is 19.2 Å². The second-order valence-electron chi connectivity index (χ2n) is 5.86. The summed E-state index contributed by atoms with van der Waals surface area (Å²) in [5.74, 6) is 0.427.